The number of hydrogen-bond donors (Lipinski definition) is 2. The number of ether oxygens (including phenoxy) is 2. The van der Waals surface area contributed by atoms with Crippen molar-refractivity contribution in [1.29, 1.82) is 0 Å². The van der Waals surface area contributed by atoms with E-state index in [-0.39, 0.29) is 22.9 Å². The smallest absolute Gasteiger partial charge is 0.220 e. The molecule has 4 saturated heterocycles. The van der Waals surface area contributed by atoms with Crippen molar-refractivity contribution in [3.8, 4) is 45.4 Å². The van der Waals surface area contributed by atoms with Gasteiger partial charge in [0.25, 0.3) is 0 Å². The van der Waals surface area contributed by atoms with Crippen molar-refractivity contribution >= 4 is 35.2 Å². The number of carbonyl (C=O) groups excluding carboxylic acids is 2. The molecule has 4 fully saturated rings. The quantitative estimate of drug-likeness (QED) is 0.196. The summed E-state index contributed by atoms with van der Waals surface area (Å²) in [6.45, 7) is 4.77. The number of likely N-dealkylation sites (tertiary alicyclic amines) is 2. The predicted octanol–water partition coefficient (Wildman–Crippen LogP) is 5.80. The van der Waals surface area contributed by atoms with E-state index >= 15 is 0 Å². The van der Waals surface area contributed by atoms with Gasteiger partial charge < -0.3 is 20.1 Å². The van der Waals surface area contributed by atoms with Crippen LogP contribution in [0.25, 0.3) is 33.6 Å². The number of thioether (sulfide) groups is 1. The van der Waals surface area contributed by atoms with Crippen LogP contribution >= 0.6 is 23.4 Å². The lowest BCUT2D eigenvalue weighted by atomic mass is 9.88. The van der Waals surface area contributed by atoms with E-state index in [1.54, 1.807) is 26.0 Å². The fraction of sp³-hybridized carbons (Fsp3) is 0.385. The fourth-order valence-corrected chi connectivity index (χ4v) is 9.40. The Bertz CT molecular complexity index is 2030. The molecule has 264 valence electrons. The van der Waals surface area contributed by atoms with Gasteiger partial charge >= 0.3 is 0 Å². The van der Waals surface area contributed by atoms with Gasteiger partial charge in [-0.1, -0.05) is 60.1 Å². The first-order valence-electron chi connectivity index (χ1n) is 17.3. The molecular formula is C39H41ClN6O4S. The summed E-state index contributed by atoms with van der Waals surface area (Å²) in [5.74, 6) is 1.47. The molecule has 4 aliphatic rings. The summed E-state index contributed by atoms with van der Waals surface area (Å²) < 4.78 is 11.6. The van der Waals surface area contributed by atoms with Crippen LogP contribution in [-0.2, 0) is 22.7 Å². The Balaban J connectivity index is 1.03. The van der Waals surface area contributed by atoms with Gasteiger partial charge in [0, 0.05) is 84.8 Å². The van der Waals surface area contributed by atoms with Gasteiger partial charge in [0.15, 0.2) is 0 Å². The minimum absolute atomic E-state index is 0.0649. The molecule has 0 atom stereocenters. The number of nitrogens with one attached hydrogen (secondary N) is 2. The molecule has 6 heterocycles. The first-order chi connectivity index (χ1) is 24.7. The summed E-state index contributed by atoms with van der Waals surface area (Å²) in [7, 11) is 3.31. The standard InChI is InChI=1S/C39H41ClN6O4S/c1-49-36-24(18-45-20-38(21-45)16-14-32(47)43-38)10-12-30(41-36)28-8-4-6-26(34(28)40)27-7-5-9-29(35(27)51-3)31-13-11-25(37(42-31)50-2)19-46-22-39(23-46)17-15-33(48)44-39/h4-13H,14-23H2,1-3H3,(H,43,47)(H,44,48). The number of rotatable bonds is 10. The molecule has 2 spiro atoms. The average Bonchev–Trinajstić information content (AvgIpc) is 3.70. The Morgan fingerprint density at radius 2 is 1.18 bits per heavy atom. The van der Waals surface area contributed by atoms with Crippen LogP contribution in [0.5, 0.6) is 11.8 Å². The third kappa shape index (κ3) is 6.34. The van der Waals surface area contributed by atoms with E-state index in [4.69, 9.17) is 31.0 Å². The van der Waals surface area contributed by atoms with Gasteiger partial charge in [-0.3, -0.25) is 19.4 Å². The maximum absolute atomic E-state index is 11.8. The lowest BCUT2D eigenvalue weighted by molar-refractivity contribution is -0.121. The molecule has 12 heteroatoms. The van der Waals surface area contributed by atoms with Gasteiger partial charge in [0.1, 0.15) is 0 Å². The summed E-state index contributed by atoms with van der Waals surface area (Å²) in [6, 6.07) is 20.5. The van der Waals surface area contributed by atoms with E-state index in [0.29, 0.717) is 42.7 Å². The molecule has 51 heavy (non-hydrogen) atoms. The van der Waals surface area contributed by atoms with Crippen molar-refractivity contribution in [2.75, 3.05) is 46.7 Å². The molecule has 0 radical (unpaired) electrons. The molecule has 2 amide bonds. The number of aromatic nitrogens is 2. The molecule has 8 rings (SSSR count). The van der Waals surface area contributed by atoms with Crippen molar-refractivity contribution < 1.29 is 19.1 Å². The summed E-state index contributed by atoms with van der Waals surface area (Å²) in [4.78, 5) is 39.1. The predicted molar refractivity (Wildman–Crippen MR) is 199 cm³/mol. The monoisotopic (exact) mass is 724 g/mol. The zero-order valence-electron chi connectivity index (χ0n) is 29.1. The number of hydrogen-bond acceptors (Lipinski definition) is 9. The Morgan fingerprint density at radius 3 is 1.65 bits per heavy atom. The highest BCUT2D eigenvalue weighted by Gasteiger charge is 2.48. The molecule has 2 aromatic heterocycles. The zero-order valence-corrected chi connectivity index (χ0v) is 30.6. The average molecular weight is 725 g/mol. The molecular weight excluding hydrogens is 684 g/mol. The van der Waals surface area contributed by atoms with Gasteiger partial charge in [0.05, 0.1) is 41.7 Å². The van der Waals surface area contributed by atoms with Crippen molar-refractivity contribution in [1.82, 2.24) is 30.4 Å². The Morgan fingerprint density at radius 1 is 0.706 bits per heavy atom. The molecule has 0 bridgehead atoms. The normalized spacial score (nSPS) is 19.1. The van der Waals surface area contributed by atoms with Crippen LogP contribution in [0.4, 0.5) is 0 Å². The van der Waals surface area contributed by atoms with Crippen LogP contribution in [0.1, 0.15) is 36.8 Å². The molecule has 4 aliphatic heterocycles. The van der Waals surface area contributed by atoms with Gasteiger partial charge in [-0.15, -0.1) is 11.8 Å². The lowest BCUT2D eigenvalue weighted by Gasteiger charge is -2.48. The number of amides is 2. The Hall–Kier alpha value is -4.16. The number of pyridine rings is 2. The van der Waals surface area contributed by atoms with E-state index in [2.05, 4.69) is 57.0 Å². The Kier molecular flexibility index (Phi) is 8.94. The largest absolute Gasteiger partial charge is 0.481 e. The third-order valence-corrected chi connectivity index (χ3v) is 11.9. The topological polar surface area (TPSA) is 109 Å². The maximum atomic E-state index is 11.8. The number of methoxy groups -OCH3 is 2. The maximum Gasteiger partial charge on any atom is 0.220 e. The van der Waals surface area contributed by atoms with Crippen LogP contribution < -0.4 is 20.1 Å². The van der Waals surface area contributed by atoms with Gasteiger partial charge in [-0.2, -0.15) is 0 Å². The second kappa shape index (κ2) is 13.4. The Labute approximate surface area is 307 Å². The second-order valence-electron chi connectivity index (χ2n) is 14.2. The molecule has 2 N–H and O–H groups in total. The second-order valence-corrected chi connectivity index (χ2v) is 15.4. The highest BCUT2D eigenvalue weighted by Crippen LogP contribution is 2.44. The van der Waals surface area contributed by atoms with Crippen LogP contribution in [0.2, 0.25) is 5.02 Å². The minimum atomic E-state index is -0.0702. The van der Waals surface area contributed by atoms with Crippen LogP contribution in [-0.4, -0.2) is 89.3 Å². The third-order valence-electron chi connectivity index (χ3n) is 10.7. The zero-order chi connectivity index (χ0) is 35.3. The molecule has 0 aliphatic carbocycles. The lowest BCUT2D eigenvalue weighted by Crippen LogP contribution is -2.66. The fourth-order valence-electron chi connectivity index (χ4n) is 8.29. The van der Waals surface area contributed by atoms with Crippen LogP contribution in [0, 0.1) is 0 Å². The first kappa shape index (κ1) is 34.0. The van der Waals surface area contributed by atoms with Gasteiger partial charge in [-0.25, -0.2) is 9.97 Å². The summed E-state index contributed by atoms with van der Waals surface area (Å²) >= 11 is 8.89. The molecule has 0 unspecified atom stereocenters. The molecule has 2 aromatic carbocycles. The molecule has 4 aromatic rings. The molecule has 10 nitrogen and oxygen atoms in total. The number of halogens is 1. The van der Waals surface area contributed by atoms with E-state index in [9.17, 15) is 9.59 Å². The number of benzene rings is 2. The minimum Gasteiger partial charge on any atom is -0.481 e. The molecule has 0 saturated carbocycles. The SMILES string of the molecule is COc1nc(-c2cccc(-c3cccc(-c4ccc(CN5CC6(CCC(=O)N6)C5)c(OC)n4)c3SC)c2Cl)ccc1CN1CC2(CCC(=O)N2)C1. The van der Waals surface area contributed by atoms with Crippen molar-refractivity contribution in [3.05, 3.63) is 76.8 Å². The van der Waals surface area contributed by atoms with Gasteiger partial charge in [-0.05, 0) is 36.8 Å². The van der Waals surface area contributed by atoms with Crippen LogP contribution in [0.3, 0.4) is 0 Å². The number of nitrogens with zero attached hydrogens (tertiary/aromatic N) is 4. The van der Waals surface area contributed by atoms with Crippen molar-refractivity contribution in [2.45, 2.75) is 54.7 Å². The van der Waals surface area contributed by atoms with Gasteiger partial charge in [0.2, 0.25) is 23.6 Å². The van der Waals surface area contributed by atoms with Crippen molar-refractivity contribution in [2.24, 2.45) is 0 Å². The van der Waals surface area contributed by atoms with E-state index < -0.39 is 0 Å². The summed E-state index contributed by atoms with van der Waals surface area (Å²) in [5.41, 5.74) is 7.17. The summed E-state index contributed by atoms with van der Waals surface area (Å²) in [6.07, 6.45) is 5.09. The number of carbonyl (C=O) groups is 2. The van der Waals surface area contributed by atoms with E-state index in [0.717, 1.165) is 88.7 Å². The van der Waals surface area contributed by atoms with E-state index in [1.165, 1.54) is 0 Å². The van der Waals surface area contributed by atoms with Crippen molar-refractivity contribution in [3.63, 3.8) is 0 Å². The highest BCUT2D eigenvalue weighted by atomic mass is 35.5. The van der Waals surface area contributed by atoms with Crippen LogP contribution in [0.15, 0.2) is 65.6 Å². The van der Waals surface area contributed by atoms with E-state index in [1.807, 2.05) is 30.3 Å². The summed E-state index contributed by atoms with van der Waals surface area (Å²) in [5, 5.41) is 6.92. The first-order valence-corrected chi connectivity index (χ1v) is 18.9. The highest BCUT2D eigenvalue weighted by molar-refractivity contribution is 7.98.